The molecule has 0 spiro atoms. The molecule has 1 N–H and O–H groups in total. The van der Waals surface area contributed by atoms with Gasteiger partial charge in [0.15, 0.2) is 0 Å². The molecule has 2 unspecified atom stereocenters. The molecule has 3 rings (SSSR count). The molecule has 2 saturated heterocycles. The molecule has 2 atom stereocenters. The van der Waals surface area contributed by atoms with Crippen LogP contribution >= 0.6 is 11.3 Å². The smallest absolute Gasteiger partial charge is 0.241 e. The lowest BCUT2D eigenvalue weighted by atomic mass is 10.3. The molecule has 2 fully saturated rings. The highest BCUT2D eigenvalue weighted by Crippen LogP contribution is 2.28. The van der Waals surface area contributed by atoms with Crippen molar-refractivity contribution in [1.29, 1.82) is 0 Å². The Labute approximate surface area is 124 Å². The van der Waals surface area contributed by atoms with Crippen molar-refractivity contribution in [3.8, 4) is 0 Å². The third kappa shape index (κ3) is 2.90. The molecule has 3 heterocycles. The number of thiophene rings is 1. The molecule has 5 heteroatoms. The maximum atomic E-state index is 12.3. The van der Waals surface area contributed by atoms with Gasteiger partial charge < -0.3 is 9.80 Å². The van der Waals surface area contributed by atoms with Gasteiger partial charge in [0.05, 0.1) is 6.04 Å². The molecule has 2 aliphatic heterocycles. The lowest BCUT2D eigenvalue weighted by Crippen LogP contribution is -2.33. The lowest BCUT2D eigenvalue weighted by molar-refractivity contribution is -0.129. The topological polar surface area (TPSA) is 35.6 Å². The van der Waals surface area contributed by atoms with Crippen molar-refractivity contribution in [3.05, 3.63) is 22.4 Å². The number of nitrogens with zero attached hydrogens (tertiary/aromatic N) is 2. The van der Waals surface area contributed by atoms with Crippen LogP contribution in [0.5, 0.6) is 0 Å². The van der Waals surface area contributed by atoms with E-state index in [2.05, 4.69) is 27.7 Å². The van der Waals surface area contributed by atoms with Crippen LogP contribution in [0.25, 0.3) is 0 Å². The molecule has 0 radical (unpaired) electrons. The summed E-state index contributed by atoms with van der Waals surface area (Å²) < 4.78 is 0. The molecule has 1 amide bonds. The largest absolute Gasteiger partial charge is 0.321 e. The van der Waals surface area contributed by atoms with E-state index in [0.717, 1.165) is 19.5 Å². The Morgan fingerprint density at radius 1 is 1.35 bits per heavy atom. The van der Waals surface area contributed by atoms with Crippen LogP contribution in [0, 0.1) is 0 Å². The first-order valence-electron chi connectivity index (χ1n) is 7.58. The van der Waals surface area contributed by atoms with E-state index in [4.69, 9.17) is 0 Å². The highest BCUT2D eigenvalue weighted by Gasteiger charge is 2.37. The van der Waals surface area contributed by atoms with Gasteiger partial charge in [-0.1, -0.05) is 6.07 Å². The molecule has 2 aliphatic rings. The Balaban J connectivity index is 1.58. The van der Waals surface area contributed by atoms with Crippen molar-refractivity contribution in [2.24, 2.45) is 0 Å². The summed E-state index contributed by atoms with van der Waals surface area (Å²) in [6.07, 6.45) is 3.82. The monoisotopic (exact) mass is 293 g/mol. The Morgan fingerprint density at radius 2 is 2.15 bits per heavy atom. The average Bonchev–Trinajstić information content (AvgIpc) is 3.15. The van der Waals surface area contributed by atoms with E-state index in [1.54, 1.807) is 11.3 Å². The summed E-state index contributed by atoms with van der Waals surface area (Å²) in [5, 5.41) is 5.48. The van der Waals surface area contributed by atoms with Gasteiger partial charge in [0.1, 0.15) is 6.17 Å². The molecule has 0 saturated carbocycles. The third-order valence-corrected chi connectivity index (χ3v) is 5.18. The molecule has 1 aromatic heterocycles. The van der Waals surface area contributed by atoms with E-state index < -0.39 is 0 Å². The predicted molar refractivity (Wildman–Crippen MR) is 81.7 cm³/mol. The molecule has 0 aromatic carbocycles. The number of carbonyl (C=O) groups is 1. The van der Waals surface area contributed by atoms with Gasteiger partial charge in [0, 0.05) is 11.4 Å². The normalized spacial score (nSPS) is 27.6. The average molecular weight is 293 g/mol. The Hall–Kier alpha value is -0.910. The van der Waals surface area contributed by atoms with Crippen LogP contribution in [-0.4, -0.2) is 47.9 Å². The Kier molecular flexibility index (Phi) is 4.38. The van der Waals surface area contributed by atoms with Gasteiger partial charge >= 0.3 is 0 Å². The van der Waals surface area contributed by atoms with E-state index in [9.17, 15) is 4.79 Å². The summed E-state index contributed by atoms with van der Waals surface area (Å²) in [5.41, 5.74) is 0. The maximum absolute atomic E-state index is 12.3. The van der Waals surface area contributed by atoms with Crippen LogP contribution in [0.4, 0.5) is 0 Å². The molecule has 0 aliphatic carbocycles. The second-order valence-electron chi connectivity index (χ2n) is 5.74. The highest BCUT2D eigenvalue weighted by atomic mass is 32.1. The van der Waals surface area contributed by atoms with E-state index in [-0.39, 0.29) is 18.1 Å². The van der Waals surface area contributed by atoms with Crippen LogP contribution < -0.4 is 5.32 Å². The molecule has 4 nitrogen and oxygen atoms in total. The predicted octanol–water partition coefficient (Wildman–Crippen LogP) is 2.05. The van der Waals surface area contributed by atoms with Crippen molar-refractivity contribution >= 4 is 17.2 Å². The first-order chi connectivity index (χ1) is 9.75. The number of carbonyl (C=O) groups excluding carboxylic acids is 1. The van der Waals surface area contributed by atoms with E-state index >= 15 is 0 Å². The van der Waals surface area contributed by atoms with Crippen molar-refractivity contribution in [2.45, 2.75) is 38.4 Å². The summed E-state index contributed by atoms with van der Waals surface area (Å²) in [7, 11) is 0. The fraction of sp³-hybridized carbons (Fsp3) is 0.667. The molecule has 0 bridgehead atoms. The fourth-order valence-corrected chi connectivity index (χ4v) is 3.96. The number of amides is 1. The molecular formula is C15H23N3OS. The van der Waals surface area contributed by atoms with Crippen molar-refractivity contribution in [1.82, 2.24) is 15.1 Å². The molecule has 110 valence electrons. The van der Waals surface area contributed by atoms with Gasteiger partial charge in [-0.05, 0) is 57.3 Å². The summed E-state index contributed by atoms with van der Waals surface area (Å²) in [4.78, 5) is 18.1. The number of rotatable bonds is 5. The van der Waals surface area contributed by atoms with Gasteiger partial charge in [0.25, 0.3) is 0 Å². The standard InChI is InChI=1S/C15H23N3OS/c1-12-15(19)18(10-5-9-17-7-2-3-8-17)14(16-12)13-6-4-11-20-13/h4,6,11-12,14,16H,2-3,5,7-10H2,1H3. The first kappa shape index (κ1) is 14.0. The Bertz CT molecular complexity index is 442. The lowest BCUT2D eigenvalue weighted by Gasteiger charge is -2.24. The number of hydrogen-bond acceptors (Lipinski definition) is 4. The van der Waals surface area contributed by atoms with E-state index in [0.29, 0.717) is 0 Å². The van der Waals surface area contributed by atoms with Gasteiger partial charge in [-0.25, -0.2) is 0 Å². The Morgan fingerprint density at radius 3 is 2.85 bits per heavy atom. The van der Waals surface area contributed by atoms with Crippen LogP contribution in [-0.2, 0) is 4.79 Å². The molecular weight excluding hydrogens is 270 g/mol. The van der Waals surface area contributed by atoms with Crippen molar-refractivity contribution < 1.29 is 4.79 Å². The number of nitrogens with one attached hydrogen (secondary N) is 1. The van der Waals surface area contributed by atoms with Crippen LogP contribution in [0.3, 0.4) is 0 Å². The first-order valence-corrected chi connectivity index (χ1v) is 8.46. The summed E-state index contributed by atoms with van der Waals surface area (Å²) in [6, 6.07) is 4.10. The zero-order valence-corrected chi connectivity index (χ0v) is 12.9. The van der Waals surface area contributed by atoms with E-state index in [1.165, 1.54) is 30.8 Å². The van der Waals surface area contributed by atoms with Gasteiger partial charge in [-0.2, -0.15) is 0 Å². The SMILES string of the molecule is CC1NC(c2cccs2)N(CCCN2CCCC2)C1=O. The molecule has 20 heavy (non-hydrogen) atoms. The van der Waals surface area contributed by atoms with Crippen molar-refractivity contribution in [3.63, 3.8) is 0 Å². The zero-order chi connectivity index (χ0) is 13.9. The minimum Gasteiger partial charge on any atom is -0.321 e. The van der Waals surface area contributed by atoms with Crippen molar-refractivity contribution in [2.75, 3.05) is 26.2 Å². The number of hydrogen-bond donors (Lipinski definition) is 1. The maximum Gasteiger partial charge on any atom is 0.241 e. The third-order valence-electron chi connectivity index (χ3n) is 4.26. The second-order valence-corrected chi connectivity index (χ2v) is 6.72. The summed E-state index contributed by atoms with van der Waals surface area (Å²) in [5.74, 6) is 0.241. The minimum atomic E-state index is -0.0612. The van der Waals surface area contributed by atoms with Gasteiger partial charge in [-0.15, -0.1) is 11.3 Å². The zero-order valence-electron chi connectivity index (χ0n) is 12.0. The minimum absolute atomic E-state index is 0.0612. The summed E-state index contributed by atoms with van der Waals surface area (Å²) in [6.45, 7) is 6.40. The van der Waals surface area contributed by atoms with Crippen LogP contribution in [0.15, 0.2) is 17.5 Å². The highest BCUT2D eigenvalue weighted by molar-refractivity contribution is 7.10. The van der Waals surface area contributed by atoms with Gasteiger partial charge in [-0.3, -0.25) is 10.1 Å². The summed E-state index contributed by atoms with van der Waals surface area (Å²) >= 11 is 1.72. The van der Waals surface area contributed by atoms with Gasteiger partial charge in [0.2, 0.25) is 5.91 Å². The van der Waals surface area contributed by atoms with Crippen LogP contribution in [0.2, 0.25) is 0 Å². The fourth-order valence-electron chi connectivity index (χ4n) is 3.17. The van der Waals surface area contributed by atoms with Crippen LogP contribution in [0.1, 0.15) is 37.2 Å². The quantitative estimate of drug-likeness (QED) is 0.902. The number of likely N-dealkylation sites (tertiary alicyclic amines) is 1. The molecule has 1 aromatic rings. The van der Waals surface area contributed by atoms with E-state index in [1.807, 2.05) is 11.8 Å². The second kappa shape index (κ2) is 6.24.